The minimum Gasteiger partial charge on any atom is -0.475 e. The van der Waals surface area contributed by atoms with E-state index in [1.807, 2.05) is 0 Å². The number of carboxylic acids is 1. The van der Waals surface area contributed by atoms with Gasteiger partial charge in [-0.15, -0.1) is 0 Å². The molecule has 1 aromatic rings. The van der Waals surface area contributed by atoms with E-state index in [9.17, 15) is 9.90 Å². The van der Waals surface area contributed by atoms with Crippen molar-refractivity contribution in [1.29, 1.82) is 0 Å². The van der Waals surface area contributed by atoms with Crippen molar-refractivity contribution in [2.24, 2.45) is 0 Å². The largest absolute Gasteiger partial charge is 0.475 e. The lowest BCUT2D eigenvalue weighted by Gasteiger charge is -2.28. The van der Waals surface area contributed by atoms with E-state index in [2.05, 4.69) is 4.90 Å². The summed E-state index contributed by atoms with van der Waals surface area (Å²) in [6, 6.07) is 1.83. The minimum absolute atomic E-state index is 0.0101. The van der Waals surface area contributed by atoms with Crippen LogP contribution in [0.5, 0.6) is 0 Å². The standard InChI is InChI=1S/C13H19NO4/c15-9-11-4-2-1-3-6-14(11)8-10-5-7-18-12(10)13(16)17/h5,7,11,15H,1-4,6,8-9H2,(H,16,17). The molecule has 0 spiro atoms. The number of nitrogens with zero attached hydrogens (tertiary/aromatic N) is 1. The van der Waals surface area contributed by atoms with Crippen molar-refractivity contribution in [2.45, 2.75) is 38.3 Å². The monoisotopic (exact) mass is 253 g/mol. The van der Waals surface area contributed by atoms with Crippen molar-refractivity contribution in [2.75, 3.05) is 13.2 Å². The number of aliphatic hydroxyl groups excluding tert-OH is 1. The number of aromatic carboxylic acids is 1. The van der Waals surface area contributed by atoms with Gasteiger partial charge in [0.1, 0.15) is 0 Å². The zero-order valence-corrected chi connectivity index (χ0v) is 10.3. The summed E-state index contributed by atoms with van der Waals surface area (Å²) in [5.74, 6) is -1.03. The second-order valence-electron chi connectivity index (χ2n) is 4.74. The summed E-state index contributed by atoms with van der Waals surface area (Å²) in [6.45, 7) is 1.55. The maximum Gasteiger partial charge on any atom is 0.372 e. The van der Waals surface area contributed by atoms with Gasteiger partial charge in [0.05, 0.1) is 12.9 Å². The molecule has 1 atom stereocenters. The third kappa shape index (κ3) is 2.91. The van der Waals surface area contributed by atoms with E-state index < -0.39 is 5.97 Å². The Balaban J connectivity index is 2.10. The Kier molecular flexibility index (Phi) is 4.38. The number of hydrogen-bond donors (Lipinski definition) is 2. The van der Waals surface area contributed by atoms with Crippen molar-refractivity contribution in [1.82, 2.24) is 4.90 Å². The quantitative estimate of drug-likeness (QED) is 0.854. The molecule has 100 valence electrons. The van der Waals surface area contributed by atoms with Crippen LogP contribution in [-0.2, 0) is 6.54 Å². The Hall–Kier alpha value is -1.33. The first kappa shape index (κ1) is 13.1. The summed E-state index contributed by atoms with van der Waals surface area (Å²) in [4.78, 5) is 13.1. The van der Waals surface area contributed by atoms with E-state index in [-0.39, 0.29) is 18.4 Å². The smallest absolute Gasteiger partial charge is 0.372 e. The number of hydrogen-bond acceptors (Lipinski definition) is 4. The van der Waals surface area contributed by atoms with Crippen LogP contribution in [0.4, 0.5) is 0 Å². The highest BCUT2D eigenvalue weighted by Gasteiger charge is 2.23. The molecule has 2 N–H and O–H groups in total. The molecule has 0 saturated carbocycles. The van der Waals surface area contributed by atoms with Crippen LogP contribution in [0.2, 0.25) is 0 Å². The second kappa shape index (κ2) is 6.02. The van der Waals surface area contributed by atoms with E-state index in [0.29, 0.717) is 12.1 Å². The molecule has 1 aliphatic rings. The molecule has 0 bridgehead atoms. The zero-order valence-electron chi connectivity index (χ0n) is 10.3. The summed E-state index contributed by atoms with van der Waals surface area (Å²) in [7, 11) is 0. The molecule has 2 heterocycles. The predicted molar refractivity (Wildman–Crippen MR) is 65.4 cm³/mol. The second-order valence-corrected chi connectivity index (χ2v) is 4.74. The van der Waals surface area contributed by atoms with Gasteiger partial charge in [-0.1, -0.05) is 12.8 Å². The first-order valence-corrected chi connectivity index (χ1v) is 6.37. The first-order chi connectivity index (χ1) is 8.72. The number of likely N-dealkylation sites (tertiary alicyclic amines) is 1. The van der Waals surface area contributed by atoms with E-state index in [0.717, 1.165) is 25.8 Å². The summed E-state index contributed by atoms with van der Waals surface area (Å²) in [5.41, 5.74) is 0.683. The molecule has 1 fully saturated rings. The molecular formula is C13H19NO4. The normalized spacial score (nSPS) is 21.7. The van der Waals surface area contributed by atoms with Crippen LogP contribution in [0.3, 0.4) is 0 Å². The van der Waals surface area contributed by atoms with Gasteiger partial charge in [-0.2, -0.15) is 0 Å². The van der Waals surface area contributed by atoms with Gasteiger partial charge in [-0.25, -0.2) is 4.79 Å². The highest BCUT2D eigenvalue weighted by atomic mass is 16.4. The Labute approximate surface area is 106 Å². The number of carboxylic acid groups (broad SMARTS) is 1. The van der Waals surface area contributed by atoms with E-state index >= 15 is 0 Å². The van der Waals surface area contributed by atoms with Gasteiger partial charge < -0.3 is 14.6 Å². The Morgan fingerprint density at radius 2 is 2.28 bits per heavy atom. The van der Waals surface area contributed by atoms with Crippen LogP contribution in [-0.4, -0.2) is 40.3 Å². The molecule has 0 aliphatic carbocycles. The number of aliphatic hydroxyl groups is 1. The van der Waals surface area contributed by atoms with Crippen LogP contribution in [0, 0.1) is 0 Å². The lowest BCUT2D eigenvalue weighted by atomic mass is 10.1. The van der Waals surface area contributed by atoms with Crippen LogP contribution in [0.25, 0.3) is 0 Å². The number of carbonyl (C=O) groups is 1. The highest BCUT2D eigenvalue weighted by molar-refractivity contribution is 5.86. The van der Waals surface area contributed by atoms with Crippen LogP contribution in [0.15, 0.2) is 16.7 Å². The third-order valence-corrected chi connectivity index (χ3v) is 3.52. The summed E-state index contributed by atoms with van der Waals surface area (Å²) < 4.78 is 4.98. The molecule has 5 heteroatoms. The van der Waals surface area contributed by atoms with Crippen LogP contribution < -0.4 is 0 Å². The van der Waals surface area contributed by atoms with Crippen molar-refractivity contribution < 1.29 is 19.4 Å². The number of rotatable bonds is 4. The summed E-state index contributed by atoms with van der Waals surface area (Å²) in [5, 5.41) is 18.4. The lowest BCUT2D eigenvalue weighted by molar-refractivity contribution is 0.0656. The zero-order chi connectivity index (χ0) is 13.0. The SMILES string of the molecule is O=C(O)c1occc1CN1CCCCCC1CO. The molecule has 1 aromatic heterocycles. The highest BCUT2D eigenvalue weighted by Crippen LogP contribution is 2.21. The summed E-state index contributed by atoms with van der Waals surface area (Å²) >= 11 is 0. The Morgan fingerprint density at radius 1 is 1.44 bits per heavy atom. The first-order valence-electron chi connectivity index (χ1n) is 6.37. The minimum atomic E-state index is -1.04. The van der Waals surface area contributed by atoms with Gasteiger partial charge in [0.25, 0.3) is 0 Å². The maximum atomic E-state index is 11.0. The van der Waals surface area contributed by atoms with Crippen molar-refractivity contribution in [3.05, 3.63) is 23.7 Å². The predicted octanol–water partition coefficient (Wildman–Crippen LogP) is 1.71. The van der Waals surface area contributed by atoms with Gasteiger partial charge in [0.2, 0.25) is 5.76 Å². The fraction of sp³-hybridized carbons (Fsp3) is 0.615. The maximum absolute atomic E-state index is 11.0. The Morgan fingerprint density at radius 3 is 3.00 bits per heavy atom. The lowest BCUT2D eigenvalue weighted by Crippen LogP contribution is -2.37. The molecule has 1 aliphatic heterocycles. The van der Waals surface area contributed by atoms with Crippen molar-refractivity contribution >= 4 is 5.97 Å². The molecule has 5 nitrogen and oxygen atoms in total. The van der Waals surface area contributed by atoms with Crippen LogP contribution in [0.1, 0.15) is 41.8 Å². The fourth-order valence-corrected chi connectivity index (χ4v) is 2.52. The molecule has 18 heavy (non-hydrogen) atoms. The van der Waals surface area contributed by atoms with Gasteiger partial charge in [0.15, 0.2) is 0 Å². The van der Waals surface area contributed by atoms with Crippen molar-refractivity contribution in [3.63, 3.8) is 0 Å². The van der Waals surface area contributed by atoms with E-state index in [4.69, 9.17) is 9.52 Å². The Bertz CT molecular complexity index is 401. The fourth-order valence-electron chi connectivity index (χ4n) is 2.52. The summed E-state index contributed by atoms with van der Waals surface area (Å²) in [6.07, 6.45) is 5.77. The van der Waals surface area contributed by atoms with Gasteiger partial charge >= 0.3 is 5.97 Å². The van der Waals surface area contributed by atoms with Gasteiger partial charge in [-0.3, -0.25) is 4.90 Å². The molecule has 0 radical (unpaired) electrons. The molecule has 0 amide bonds. The molecular weight excluding hydrogens is 234 g/mol. The molecule has 1 saturated heterocycles. The number of furan rings is 1. The van der Waals surface area contributed by atoms with Gasteiger partial charge in [-0.05, 0) is 25.5 Å². The van der Waals surface area contributed by atoms with E-state index in [1.165, 1.54) is 12.7 Å². The average Bonchev–Trinajstić information content (AvgIpc) is 2.69. The van der Waals surface area contributed by atoms with Crippen LogP contribution >= 0.6 is 0 Å². The van der Waals surface area contributed by atoms with E-state index in [1.54, 1.807) is 6.07 Å². The average molecular weight is 253 g/mol. The third-order valence-electron chi connectivity index (χ3n) is 3.52. The molecule has 1 unspecified atom stereocenters. The topological polar surface area (TPSA) is 73.9 Å². The molecule has 2 rings (SSSR count). The van der Waals surface area contributed by atoms with Crippen molar-refractivity contribution in [3.8, 4) is 0 Å². The van der Waals surface area contributed by atoms with Gasteiger partial charge in [0, 0.05) is 18.2 Å². The molecule has 0 aromatic carbocycles.